The van der Waals surface area contributed by atoms with E-state index in [4.69, 9.17) is 9.47 Å². The number of rotatable bonds is 7. The van der Waals surface area contributed by atoms with E-state index >= 15 is 0 Å². The van der Waals surface area contributed by atoms with Gasteiger partial charge in [0, 0.05) is 25.7 Å². The molecule has 0 spiro atoms. The van der Waals surface area contributed by atoms with Crippen LogP contribution in [0.25, 0.3) is 0 Å². The number of methoxy groups -OCH3 is 1. The van der Waals surface area contributed by atoms with E-state index in [0.29, 0.717) is 12.3 Å². The van der Waals surface area contributed by atoms with Gasteiger partial charge in [0.2, 0.25) is 0 Å². The topological polar surface area (TPSA) is 50.8 Å². The maximum Gasteiger partial charge on any atom is 0.257 e. The van der Waals surface area contributed by atoms with E-state index < -0.39 is 0 Å². The Bertz CT molecular complexity index is 730. The van der Waals surface area contributed by atoms with Crippen LogP contribution < -0.4 is 14.8 Å². The first kappa shape index (κ1) is 18.3. The van der Waals surface area contributed by atoms with Gasteiger partial charge < -0.3 is 14.8 Å². The summed E-state index contributed by atoms with van der Waals surface area (Å²) in [6.07, 6.45) is 1.06. The quantitative estimate of drug-likeness (QED) is 0.830. The van der Waals surface area contributed by atoms with Crippen molar-refractivity contribution < 1.29 is 14.3 Å². The monoisotopic (exact) mass is 354 g/mol. The Labute approximate surface area is 154 Å². The molecule has 0 saturated heterocycles. The highest BCUT2D eigenvalue weighted by atomic mass is 16.5. The summed E-state index contributed by atoms with van der Waals surface area (Å²) in [5.41, 5.74) is 2.83. The lowest BCUT2D eigenvalue weighted by Crippen LogP contribution is -2.45. The lowest BCUT2D eigenvalue weighted by molar-refractivity contribution is -0.123. The number of nitrogens with one attached hydrogen (secondary N) is 1. The van der Waals surface area contributed by atoms with E-state index in [9.17, 15) is 4.79 Å². The molecule has 0 bridgehead atoms. The smallest absolute Gasteiger partial charge is 0.257 e. The van der Waals surface area contributed by atoms with Crippen molar-refractivity contribution in [3.8, 4) is 11.5 Å². The first-order valence-corrected chi connectivity index (χ1v) is 9.00. The molecule has 0 radical (unpaired) electrons. The molecule has 138 valence electrons. The summed E-state index contributed by atoms with van der Waals surface area (Å²) < 4.78 is 10.6. The molecule has 5 heteroatoms. The molecule has 1 amide bonds. The molecule has 0 aliphatic carbocycles. The predicted molar refractivity (Wildman–Crippen MR) is 102 cm³/mol. The minimum absolute atomic E-state index is 0.0158. The Morgan fingerprint density at radius 3 is 2.54 bits per heavy atom. The fraction of sp³-hybridized carbons (Fsp3) is 0.381. The molecule has 0 fully saturated rings. The van der Waals surface area contributed by atoms with Crippen LogP contribution in [0.4, 0.5) is 0 Å². The Balaban J connectivity index is 1.41. The average molecular weight is 354 g/mol. The van der Waals surface area contributed by atoms with Crippen molar-refractivity contribution in [2.24, 2.45) is 0 Å². The highest BCUT2D eigenvalue weighted by Gasteiger charge is 2.20. The van der Waals surface area contributed by atoms with Gasteiger partial charge >= 0.3 is 0 Å². The van der Waals surface area contributed by atoms with Crippen molar-refractivity contribution >= 4 is 5.91 Å². The normalized spacial score (nSPS) is 15.0. The van der Waals surface area contributed by atoms with E-state index in [1.165, 1.54) is 11.1 Å². The van der Waals surface area contributed by atoms with Crippen molar-refractivity contribution in [2.75, 3.05) is 26.8 Å². The molecule has 2 aromatic carbocycles. The standard InChI is InChI=1S/C21H26N2O3/c1-16(23-12-11-17-5-3-4-6-18(17)14-23)13-22-21(24)15-26-20-9-7-19(25-2)8-10-20/h3-10,16H,11-15H2,1-2H3,(H,22,24)/t16-/m1/s1. The van der Waals surface area contributed by atoms with E-state index in [-0.39, 0.29) is 18.6 Å². The van der Waals surface area contributed by atoms with Crippen molar-refractivity contribution in [3.63, 3.8) is 0 Å². The maximum absolute atomic E-state index is 12.0. The largest absolute Gasteiger partial charge is 0.497 e. The zero-order valence-electron chi connectivity index (χ0n) is 15.4. The molecule has 2 aromatic rings. The predicted octanol–water partition coefficient (Wildman–Crippen LogP) is 2.64. The summed E-state index contributed by atoms with van der Waals surface area (Å²) in [4.78, 5) is 14.5. The second kappa shape index (κ2) is 8.72. The zero-order chi connectivity index (χ0) is 18.4. The molecule has 26 heavy (non-hydrogen) atoms. The van der Waals surface area contributed by atoms with E-state index in [0.717, 1.165) is 25.3 Å². The molecule has 1 N–H and O–H groups in total. The molecule has 0 unspecified atom stereocenters. The Morgan fingerprint density at radius 1 is 1.12 bits per heavy atom. The van der Waals surface area contributed by atoms with Crippen LogP contribution in [-0.2, 0) is 17.8 Å². The number of carbonyl (C=O) groups excluding carboxylic acids is 1. The Morgan fingerprint density at radius 2 is 1.81 bits per heavy atom. The van der Waals surface area contributed by atoms with Gasteiger partial charge in [0.25, 0.3) is 5.91 Å². The number of carbonyl (C=O) groups is 1. The number of benzene rings is 2. The summed E-state index contributed by atoms with van der Waals surface area (Å²) in [6, 6.07) is 16.1. The molecule has 1 aliphatic rings. The summed E-state index contributed by atoms with van der Waals surface area (Å²) in [7, 11) is 1.62. The third kappa shape index (κ3) is 4.76. The first-order valence-electron chi connectivity index (χ1n) is 9.00. The van der Waals surface area contributed by atoms with Crippen molar-refractivity contribution in [1.29, 1.82) is 0 Å². The van der Waals surface area contributed by atoms with Gasteiger partial charge in [0.1, 0.15) is 11.5 Å². The second-order valence-electron chi connectivity index (χ2n) is 6.61. The molecule has 1 atom stereocenters. The molecule has 1 aliphatic heterocycles. The number of amides is 1. The lowest BCUT2D eigenvalue weighted by Gasteiger charge is -2.33. The van der Waals surface area contributed by atoms with Gasteiger partial charge in [-0.1, -0.05) is 24.3 Å². The summed E-state index contributed by atoms with van der Waals surface area (Å²) in [6.45, 7) is 4.75. The third-order valence-corrected chi connectivity index (χ3v) is 4.81. The Hall–Kier alpha value is -2.53. The van der Waals surface area contributed by atoms with Gasteiger partial charge in [-0.05, 0) is 48.7 Å². The summed E-state index contributed by atoms with van der Waals surface area (Å²) in [5.74, 6) is 1.31. The molecule has 1 heterocycles. The first-order chi connectivity index (χ1) is 12.7. The van der Waals surface area contributed by atoms with Crippen LogP contribution in [-0.4, -0.2) is 43.7 Å². The molecular weight excluding hydrogens is 328 g/mol. The van der Waals surface area contributed by atoms with Gasteiger partial charge in [-0.15, -0.1) is 0 Å². The molecule has 5 nitrogen and oxygen atoms in total. The summed E-state index contributed by atoms with van der Waals surface area (Å²) in [5, 5.41) is 2.97. The third-order valence-electron chi connectivity index (χ3n) is 4.81. The van der Waals surface area contributed by atoms with E-state index in [1.807, 2.05) is 12.1 Å². The van der Waals surface area contributed by atoms with Crippen LogP contribution in [0.1, 0.15) is 18.1 Å². The Kier molecular flexibility index (Phi) is 6.12. The minimum atomic E-state index is -0.106. The zero-order valence-corrected chi connectivity index (χ0v) is 15.4. The van der Waals surface area contributed by atoms with Crippen LogP contribution in [0.15, 0.2) is 48.5 Å². The second-order valence-corrected chi connectivity index (χ2v) is 6.61. The average Bonchev–Trinajstić information content (AvgIpc) is 2.70. The van der Waals surface area contributed by atoms with Gasteiger partial charge in [0.15, 0.2) is 6.61 Å². The molecule has 0 saturated carbocycles. The maximum atomic E-state index is 12.0. The number of hydrogen-bond acceptors (Lipinski definition) is 4. The number of hydrogen-bond donors (Lipinski definition) is 1. The van der Waals surface area contributed by atoms with Crippen LogP contribution in [0.2, 0.25) is 0 Å². The molecule has 3 rings (SSSR count). The van der Waals surface area contributed by atoms with Gasteiger partial charge in [0.05, 0.1) is 7.11 Å². The fourth-order valence-corrected chi connectivity index (χ4v) is 3.16. The minimum Gasteiger partial charge on any atom is -0.497 e. The number of fused-ring (bicyclic) bond motifs is 1. The molecular formula is C21H26N2O3. The van der Waals surface area contributed by atoms with Crippen LogP contribution in [0.5, 0.6) is 11.5 Å². The van der Waals surface area contributed by atoms with Gasteiger partial charge in [-0.3, -0.25) is 9.69 Å². The highest BCUT2D eigenvalue weighted by Crippen LogP contribution is 2.20. The lowest BCUT2D eigenvalue weighted by atomic mass is 9.99. The van der Waals surface area contributed by atoms with Crippen molar-refractivity contribution in [2.45, 2.75) is 25.9 Å². The van der Waals surface area contributed by atoms with Crippen molar-refractivity contribution in [1.82, 2.24) is 10.2 Å². The number of ether oxygens (including phenoxy) is 2. The fourth-order valence-electron chi connectivity index (χ4n) is 3.16. The van der Waals surface area contributed by atoms with Crippen LogP contribution in [0, 0.1) is 0 Å². The summed E-state index contributed by atoms with van der Waals surface area (Å²) >= 11 is 0. The molecule has 0 aromatic heterocycles. The van der Waals surface area contributed by atoms with E-state index in [1.54, 1.807) is 19.2 Å². The van der Waals surface area contributed by atoms with Crippen LogP contribution >= 0.6 is 0 Å². The van der Waals surface area contributed by atoms with Crippen molar-refractivity contribution in [3.05, 3.63) is 59.7 Å². The van der Waals surface area contributed by atoms with E-state index in [2.05, 4.69) is 41.4 Å². The van der Waals surface area contributed by atoms with Crippen LogP contribution in [0.3, 0.4) is 0 Å². The highest BCUT2D eigenvalue weighted by molar-refractivity contribution is 5.77. The SMILES string of the molecule is COc1ccc(OCC(=O)NC[C@@H](C)N2CCc3ccccc3C2)cc1. The number of nitrogens with zero attached hydrogens (tertiary/aromatic N) is 1. The van der Waals surface area contributed by atoms with Gasteiger partial charge in [-0.25, -0.2) is 0 Å². The van der Waals surface area contributed by atoms with Gasteiger partial charge in [-0.2, -0.15) is 0 Å².